The van der Waals surface area contributed by atoms with E-state index >= 15 is 0 Å². The third-order valence-electron chi connectivity index (χ3n) is 3.48. The van der Waals surface area contributed by atoms with Crippen molar-refractivity contribution in [1.29, 1.82) is 0 Å². The molecule has 0 saturated heterocycles. The molecule has 3 heteroatoms. The normalized spacial score (nSPS) is 20.1. The van der Waals surface area contributed by atoms with Gasteiger partial charge in [0.1, 0.15) is 0 Å². The third-order valence-corrected chi connectivity index (χ3v) is 3.48. The lowest BCUT2D eigenvalue weighted by Gasteiger charge is -2.33. The van der Waals surface area contributed by atoms with E-state index in [4.69, 9.17) is 10.6 Å². The molecule has 3 N–H and O–H groups in total. The molecule has 1 aromatic rings. The van der Waals surface area contributed by atoms with Gasteiger partial charge in [-0.15, -0.1) is 0 Å². The second-order valence-electron chi connectivity index (χ2n) is 6.12. The smallest absolute Gasteiger partial charge is 0.0640 e. The van der Waals surface area contributed by atoms with Crippen LogP contribution in [0.2, 0.25) is 0 Å². The fourth-order valence-electron chi connectivity index (χ4n) is 2.45. The van der Waals surface area contributed by atoms with Crippen molar-refractivity contribution >= 4 is 0 Å². The van der Waals surface area contributed by atoms with Crippen molar-refractivity contribution in [3.8, 4) is 0 Å². The van der Waals surface area contributed by atoms with Crippen LogP contribution in [0.25, 0.3) is 0 Å². The first-order valence-electron chi connectivity index (χ1n) is 6.67. The van der Waals surface area contributed by atoms with Crippen molar-refractivity contribution < 1.29 is 4.74 Å². The summed E-state index contributed by atoms with van der Waals surface area (Å²) in [6.45, 7) is 6.87. The highest BCUT2D eigenvalue weighted by atomic mass is 16.5. The second-order valence-corrected chi connectivity index (χ2v) is 6.12. The number of rotatable bonds is 5. The molecule has 0 amide bonds. The molecule has 100 valence electrons. The fraction of sp³-hybridized carbons (Fsp3) is 0.600. The zero-order valence-corrected chi connectivity index (χ0v) is 11.6. The summed E-state index contributed by atoms with van der Waals surface area (Å²) in [4.78, 5) is 0. The van der Waals surface area contributed by atoms with Gasteiger partial charge in [0.2, 0.25) is 0 Å². The number of hydrogen-bond donors (Lipinski definition) is 2. The summed E-state index contributed by atoms with van der Waals surface area (Å²) >= 11 is 0. The van der Waals surface area contributed by atoms with Crippen LogP contribution in [-0.2, 0) is 11.2 Å². The largest absolute Gasteiger partial charge is 0.374 e. The van der Waals surface area contributed by atoms with Gasteiger partial charge in [-0.3, -0.25) is 11.3 Å². The summed E-state index contributed by atoms with van der Waals surface area (Å²) in [5.74, 6) is 6.25. The van der Waals surface area contributed by atoms with Gasteiger partial charge in [0.05, 0.1) is 12.2 Å². The van der Waals surface area contributed by atoms with Gasteiger partial charge in [0, 0.05) is 6.04 Å². The van der Waals surface area contributed by atoms with Crippen molar-refractivity contribution in [3.63, 3.8) is 0 Å². The molecule has 1 aliphatic carbocycles. The highest BCUT2D eigenvalue weighted by Gasteiger charge is 2.28. The topological polar surface area (TPSA) is 47.3 Å². The molecule has 0 heterocycles. The van der Waals surface area contributed by atoms with E-state index in [1.807, 2.05) is 0 Å². The van der Waals surface area contributed by atoms with Gasteiger partial charge in [-0.1, -0.05) is 24.3 Å². The number of benzene rings is 1. The van der Waals surface area contributed by atoms with E-state index in [1.165, 1.54) is 17.5 Å². The zero-order valence-electron chi connectivity index (χ0n) is 11.6. The molecule has 0 aliphatic heterocycles. The Hall–Kier alpha value is -0.900. The van der Waals surface area contributed by atoms with Crippen molar-refractivity contribution in [2.75, 3.05) is 6.61 Å². The molecular weight excluding hydrogens is 224 g/mol. The number of fused-ring (bicyclic) bond motifs is 1. The maximum absolute atomic E-state index is 5.80. The van der Waals surface area contributed by atoms with Crippen LogP contribution in [0.5, 0.6) is 0 Å². The Bertz CT molecular complexity index is 398. The molecule has 0 bridgehead atoms. The lowest BCUT2D eigenvalue weighted by atomic mass is 9.74. The Morgan fingerprint density at radius 3 is 2.72 bits per heavy atom. The van der Waals surface area contributed by atoms with E-state index < -0.39 is 0 Å². The lowest BCUT2D eigenvalue weighted by Crippen LogP contribution is -2.42. The summed E-state index contributed by atoms with van der Waals surface area (Å²) in [6, 6.07) is 8.88. The summed E-state index contributed by atoms with van der Waals surface area (Å²) < 4.78 is 5.80. The summed E-state index contributed by atoms with van der Waals surface area (Å²) in [6.07, 6.45) is 2.22. The first-order chi connectivity index (χ1) is 8.49. The van der Waals surface area contributed by atoms with Crippen LogP contribution >= 0.6 is 0 Å². The van der Waals surface area contributed by atoms with Crippen LogP contribution in [0.4, 0.5) is 0 Å². The molecule has 0 saturated carbocycles. The van der Waals surface area contributed by atoms with Gasteiger partial charge in [-0.05, 0) is 50.7 Å². The Labute approximate surface area is 110 Å². The lowest BCUT2D eigenvalue weighted by molar-refractivity contribution is -0.0164. The predicted octanol–water partition coefficient (Wildman–Crippen LogP) is 2.36. The van der Waals surface area contributed by atoms with E-state index in [1.54, 1.807) is 0 Å². The fourth-order valence-corrected chi connectivity index (χ4v) is 2.45. The van der Waals surface area contributed by atoms with E-state index in [0.717, 1.165) is 6.42 Å². The van der Waals surface area contributed by atoms with Crippen LogP contribution in [0, 0.1) is 0 Å². The number of nitrogens with two attached hydrogens (primary N) is 1. The molecule has 2 unspecified atom stereocenters. The zero-order chi connectivity index (χ0) is 13.2. The van der Waals surface area contributed by atoms with E-state index in [-0.39, 0.29) is 11.6 Å². The highest BCUT2D eigenvalue weighted by Crippen LogP contribution is 2.37. The van der Waals surface area contributed by atoms with Gasteiger partial charge in [-0.2, -0.15) is 0 Å². The Kier molecular flexibility index (Phi) is 4.05. The van der Waals surface area contributed by atoms with Crippen molar-refractivity contribution in [3.05, 3.63) is 35.4 Å². The molecule has 1 aliphatic rings. The summed E-state index contributed by atoms with van der Waals surface area (Å²) in [5, 5.41) is 0. The van der Waals surface area contributed by atoms with Crippen LogP contribution < -0.4 is 11.3 Å². The summed E-state index contributed by atoms with van der Waals surface area (Å²) in [7, 11) is 0. The summed E-state index contributed by atoms with van der Waals surface area (Å²) in [5.41, 5.74) is 5.74. The van der Waals surface area contributed by atoms with E-state index in [2.05, 4.69) is 50.5 Å². The Morgan fingerprint density at radius 2 is 2.11 bits per heavy atom. The van der Waals surface area contributed by atoms with Gasteiger partial charge < -0.3 is 4.74 Å². The van der Waals surface area contributed by atoms with Crippen molar-refractivity contribution in [2.24, 2.45) is 5.84 Å². The van der Waals surface area contributed by atoms with E-state index in [0.29, 0.717) is 12.5 Å². The molecule has 0 radical (unpaired) electrons. The molecule has 0 fully saturated rings. The molecular formula is C15H24N2O. The van der Waals surface area contributed by atoms with Gasteiger partial charge >= 0.3 is 0 Å². The van der Waals surface area contributed by atoms with Crippen LogP contribution in [0.3, 0.4) is 0 Å². The van der Waals surface area contributed by atoms with Crippen molar-refractivity contribution in [1.82, 2.24) is 5.43 Å². The minimum absolute atomic E-state index is 0.105. The number of ether oxygens (including phenoxy) is 1. The molecule has 0 aromatic heterocycles. The maximum Gasteiger partial charge on any atom is 0.0640 e. The quantitative estimate of drug-likeness (QED) is 0.621. The number of nitrogens with one attached hydrogen (secondary N) is 1. The SMILES string of the molecule is CC(C)(C)OCC(CC1Cc2ccccc21)NN. The molecule has 2 rings (SSSR count). The monoisotopic (exact) mass is 248 g/mol. The number of hydrazine groups is 1. The van der Waals surface area contributed by atoms with Crippen molar-refractivity contribution in [2.45, 2.75) is 51.2 Å². The molecule has 3 nitrogen and oxygen atoms in total. The number of hydrogen-bond acceptors (Lipinski definition) is 3. The van der Waals surface area contributed by atoms with Gasteiger partial charge in [0.15, 0.2) is 0 Å². The first-order valence-corrected chi connectivity index (χ1v) is 6.67. The molecule has 2 atom stereocenters. The first kappa shape index (κ1) is 13.5. The second kappa shape index (κ2) is 5.39. The van der Waals surface area contributed by atoms with Crippen LogP contribution in [0.1, 0.15) is 44.2 Å². The van der Waals surface area contributed by atoms with Crippen LogP contribution in [-0.4, -0.2) is 18.2 Å². The van der Waals surface area contributed by atoms with Crippen LogP contribution in [0.15, 0.2) is 24.3 Å². The predicted molar refractivity (Wildman–Crippen MR) is 74.3 cm³/mol. The minimum Gasteiger partial charge on any atom is -0.374 e. The average molecular weight is 248 g/mol. The molecule has 0 spiro atoms. The van der Waals surface area contributed by atoms with Gasteiger partial charge in [-0.25, -0.2) is 0 Å². The van der Waals surface area contributed by atoms with E-state index in [9.17, 15) is 0 Å². The highest BCUT2D eigenvalue weighted by molar-refractivity contribution is 5.39. The maximum atomic E-state index is 5.80. The third kappa shape index (κ3) is 3.31. The van der Waals surface area contributed by atoms with Gasteiger partial charge in [0.25, 0.3) is 0 Å². The minimum atomic E-state index is -0.105. The molecule has 1 aromatic carbocycles. The molecule has 18 heavy (non-hydrogen) atoms. The standard InChI is InChI=1S/C15H24N2O/c1-15(2,3)18-10-13(17-16)9-12-8-11-6-4-5-7-14(11)12/h4-7,12-13,17H,8-10,16H2,1-3H3. The average Bonchev–Trinajstić information content (AvgIpc) is 2.28. The Morgan fingerprint density at radius 1 is 1.39 bits per heavy atom. The Balaban J connectivity index is 1.86.